The Bertz CT molecular complexity index is 334. The van der Waals surface area contributed by atoms with Crippen molar-refractivity contribution in [3.63, 3.8) is 0 Å². The lowest BCUT2D eigenvalue weighted by Crippen LogP contribution is -2.33. The molecular formula is C12H20ClN3O. The van der Waals surface area contributed by atoms with Gasteiger partial charge in [0.2, 0.25) is 5.89 Å². The van der Waals surface area contributed by atoms with Gasteiger partial charge in [0, 0.05) is 25.4 Å². The largest absolute Gasteiger partial charge is 0.408 e. The van der Waals surface area contributed by atoms with Gasteiger partial charge in [0.15, 0.2) is 0 Å². The summed E-state index contributed by atoms with van der Waals surface area (Å²) in [5.41, 5.74) is 0. The van der Waals surface area contributed by atoms with Crippen molar-refractivity contribution in [2.75, 3.05) is 23.9 Å². The number of rotatable bonds is 5. The van der Waals surface area contributed by atoms with Crippen molar-refractivity contribution in [2.24, 2.45) is 5.92 Å². The van der Waals surface area contributed by atoms with E-state index in [4.69, 9.17) is 16.0 Å². The average Bonchev–Trinajstić information content (AvgIpc) is 2.80. The maximum absolute atomic E-state index is 5.64. The fourth-order valence-corrected chi connectivity index (χ4v) is 2.54. The molecule has 1 aliphatic heterocycles. The van der Waals surface area contributed by atoms with E-state index in [-0.39, 0.29) is 0 Å². The molecule has 0 aliphatic carbocycles. The lowest BCUT2D eigenvalue weighted by atomic mass is 9.93. The highest BCUT2D eigenvalue weighted by Crippen LogP contribution is 2.25. The first kappa shape index (κ1) is 12.7. The molecule has 1 aromatic rings. The van der Waals surface area contributed by atoms with Gasteiger partial charge < -0.3 is 9.32 Å². The molecule has 0 amide bonds. The minimum atomic E-state index is 0.528. The zero-order valence-electron chi connectivity index (χ0n) is 10.4. The van der Waals surface area contributed by atoms with Crippen LogP contribution >= 0.6 is 11.6 Å². The number of nitrogens with zero attached hydrogens (tertiary/aromatic N) is 3. The second-order valence-electron chi connectivity index (χ2n) is 4.64. The molecule has 0 aromatic carbocycles. The number of alkyl halides is 1. The predicted molar refractivity (Wildman–Crippen MR) is 68.6 cm³/mol. The summed E-state index contributed by atoms with van der Waals surface area (Å²) in [5.74, 6) is 2.05. The third-order valence-electron chi connectivity index (χ3n) is 3.35. The van der Waals surface area contributed by atoms with Gasteiger partial charge >= 0.3 is 6.01 Å². The Kier molecular flexibility index (Phi) is 4.66. The molecule has 1 aromatic heterocycles. The molecule has 5 heteroatoms. The van der Waals surface area contributed by atoms with Crippen molar-refractivity contribution in [3.8, 4) is 0 Å². The van der Waals surface area contributed by atoms with Crippen LogP contribution in [-0.4, -0.2) is 29.2 Å². The highest BCUT2D eigenvalue weighted by atomic mass is 35.5. The summed E-state index contributed by atoms with van der Waals surface area (Å²) in [4.78, 5) is 2.19. The Morgan fingerprint density at radius 3 is 2.76 bits per heavy atom. The fourth-order valence-electron chi connectivity index (χ4n) is 2.38. The minimum Gasteiger partial charge on any atom is -0.408 e. The predicted octanol–water partition coefficient (Wildman–Crippen LogP) is 2.87. The van der Waals surface area contributed by atoms with Crippen LogP contribution in [0.5, 0.6) is 0 Å². The molecule has 4 nitrogen and oxygen atoms in total. The Morgan fingerprint density at radius 2 is 2.12 bits per heavy atom. The molecule has 1 fully saturated rings. The van der Waals surface area contributed by atoms with E-state index in [0.29, 0.717) is 24.2 Å². The summed E-state index contributed by atoms with van der Waals surface area (Å²) in [7, 11) is 0. The molecule has 96 valence electrons. The highest BCUT2D eigenvalue weighted by molar-refractivity contribution is 6.17. The maximum atomic E-state index is 5.64. The molecule has 0 bridgehead atoms. The van der Waals surface area contributed by atoms with E-state index in [1.807, 2.05) is 0 Å². The molecule has 0 radical (unpaired) electrons. The van der Waals surface area contributed by atoms with Gasteiger partial charge in [-0.15, -0.1) is 16.7 Å². The normalized spacial score (nSPS) is 17.6. The quantitative estimate of drug-likeness (QED) is 0.761. The van der Waals surface area contributed by atoms with E-state index >= 15 is 0 Å². The molecule has 2 heterocycles. The lowest BCUT2D eigenvalue weighted by Gasteiger charge is -2.30. The van der Waals surface area contributed by atoms with E-state index in [9.17, 15) is 0 Å². The van der Waals surface area contributed by atoms with Crippen molar-refractivity contribution in [3.05, 3.63) is 5.89 Å². The Balaban J connectivity index is 1.86. The van der Waals surface area contributed by atoms with Crippen molar-refractivity contribution >= 4 is 17.6 Å². The minimum absolute atomic E-state index is 0.528. The first-order valence-electron chi connectivity index (χ1n) is 6.46. The highest BCUT2D eigenvalue weighted by Gasteiger charge is 2.22. The van der Waals surface area contributed by atoms with Crippen LogP contribution in [-0.2, 0) is 6.42 Å². The van der Waals surface area contributed by atoms with E-state index in [1.165, 1.54) is 25.7 Å². The molecular weight excluding hydrogens is 238 g/mol. The molecule has 0 unspecified atom stereocenters. The molecule has 0 atom stereocenters. The standard InChI is InChI=1S/C12H20ClN3O/c1-2-3-10-5-8-16(9-6-10)12-15-14-11(17-12)4-7-13/h10H,2-9H2,1H3. The number of anilines is 1. The lowest BCUT2D eigenvalue weighted by molar-refractivity contribution is 0.362. The van der Waals surface area contributed by atoms with Crippen LogP contribution in [0.4, 0.5) is 6.01 Å². The third kappa shape index (κ3) is 3.35. The molecule has 17 heavy (non-hydrogen) atoms. The molecule has 1 saturated heterocycles. The van der Waals surface area contributed by atoms with Gasteiger partial charge in [0.05, 0.1) is 0 Å². The van der Waals surface area contributed by atoms with Crippen LogP contribution in [0.2, 0.25) is 0 Å². The summed E-state index contributed by atoms with van der Waals surface area (Å²) in [6.07, 6.45) is 5.75. The summed E-state index contributed by atoms with van der Waals surface area (Å²) in [5, 5.41) is 8.07. The fraction of sp³-hybridized carbons (Fsp3) is 0.833. The molecule has 0 spiro atoms. The van der Waals surface area contributed by atoms with E-state index in [0.717, 1.165) is 19.0 Å². The van der Waals surface area contributed by atoms with E-state index in [2.05, 4.69) is 22.0 Å². The van der Waals surface area contributed by atoms with Gasteiger partial charge in [-0.1, -0.05) is 24.9 Å². The van der Waals surface area contributed by atoms with Crippen LogP contribution in [0.25, 0.3) is 0 Å². The van der Waals surface area contributed by atoms with Crippen molar-refractivity contribution in [1.82, 2.24) is 10.2 Å². The SMILES string of the molecule is CCCC1CCN(c2nnc(CCCl)o2)CC1. The van der Waals surface area contributed by atoms with Crippen LogP contribution in [0.15, 0.2) is 4.42 Å². The van der Waals surface area contributed by atoms with Gasteiger partial charge in [-0.05, 0) is 18.8 Å². The zero-order chi connectivity index (χ0) is 12.1. The van der Waals surface area contributed by atoms with Gasteiger partial charge in [0.25, 0.3) is 0 Å². The monoisotopic (exact) mass is 257 g/mol. The molecule has 2 rings (SSSR count). The summed E-state index contributed by atoms with van der Waals surface area (Å²) in [6, 6.07) is 0.667. The smallest absolute Gasteiger partial charge is 0.318 e. The molecule has 0 saturated carbocycles. The number of hydrogen-bond acceptors (Lipinski definition) is 4. The van der Waals surface area contributed by atoms with Gasteiger partial charge in [-0.3, -0.25) is 0 Å². The van der Waals surface area contributed by atoms with Crippen LogP contribution < -0.4 is 4.90 Å². The summed E-state index contributed by atoms with van der Waals surface area (Å²) in [6.45, 7) is 4.32. The third-order valence-corrected chi connectivity index (χ3v) is 3.54. The Labute approximate surface area is 107 Å². The Morgan fingerprint density at radius 1 is 1.35 bits per heavy atom. The van der Waals surface area contributed by atoms with Crippen molar-refractivity contribution in [1.29, 1.82) is 0 Å². The van der Waals surface area contributed by atoms with Gasteiger partial charge in [-0.25, -0.2) is 0 Å². The molecule has 0 N–H and O–H groups in total. The van der Waals surface area contributed by atoms with Crippen molar-refractivity contribution in [2.45, 2.75) is 39.0 Å². The number of aromatic nitrogens is 2. The van der Waals surface area contributed by atoms with Gasteiger partial charge in [-0.2, -0.15) is 0 Å². The van der Waals surface area contributed by atoms with Crippen molar-refractivity contribution < 1.29 is 4.42 Å². The van der Waals surface area contributed by atoms with Crippen LogP contribution in [0, 0.1) is 5.92 Å². The first-order chi connectivity index (χ1) is 8.33. The average molecular weight is 258 g/mol. The summed E-state index contributed by atoms with van der Waals surface area (Å²) < 4.78 is 5.58. The summed E-state index contributed by atoms with van der Waals surface area (Å²) >= 11 is 5.64. The van der Waals surface area contributed by atoms with Crippen LogP contribution in [0.3, 0.4) is 0 Å². The second-order valence-corrected chi connectivity index (χ2v) is 5.01. The topological polar surface area (TPSA) is 42.2 Å². The van der Waals surface area contributed by atoms with E-state index < -0.39 is 0 Å². The zero-order valence-corrected chi connectivity index (χ0v) is 11.1. The second kappa shape index (κ2) is 6.24. The first-order valence-corrected chi connectivity index (χ1v) is 7.00. The number of halogens is 1. The number of hydrogen-bond donors (Lipinski definition) is 0. The maximum Gasteiger partial charge on any atom is 0.318 e. The Hall–Kier alpha value is -0.770. The molecule has 1 aliphatic rings. The van der Waals surface area contributed by atoms with Gasteiger partial charge in [0.1, 0.15) is 0 Å². The van der Waals surface area contributed by atoms with E-state index in [1.54, 1.807) is 0 Å². The van der Waals surface area contributed by atoms with Crippen LogP contribution in [0.1, 0.15) is 38.5 Å². The number of piperidine rings is 1. The number of aryl methyl sites for hydroxylation is 1.